The van der Waals surface area contributed by atoms with Crippen LogP contribution in [0.5, 0.6) is 5.75 Å². The Kier molecular flexibility index (Phi) is 8.18. The lowest BCUT2D eigenvalue weighted by Gasteiger charge is -2.06. The Hall–Kier alpha value is -3.24. The van der Waals surface area contributed by atoms with Gasteiger partial charge in [-0.25, -0.2) is 23.4 Å². The Labute approximate surface area is 200 Å². The average Bonchev–Trinajstić information content (AvgIpc) is 2.79. The minimum atomic E-state index is -3.86. The predicted octanol–water partition coefficient (Wildman–Crippen LogP) is 3.64. The zero-order valence-corrected chi connectivity index (χ0v) is 19.2. The molecule has 2 N–H and O–H groups in total. The third-order valence-corrected chi connectivity index (χ3v) is 6.13. The molecule has 0 aliphatic carbocycles. The molecular formula is C22H17Cl2N3O5S. The topological polar surface area (TPSA) is 114 Å². The first kappa shape index (κ1) is 24.4. The van der Waals surface area contributed by atoms with Crippen molar-refractivity contribution < 1.29 is 22.7 Å². The van der Waals surface area contributed by atoms with Crippen LogP contribution in [0.1, 0.15) is 15.9 Å². The summed E-state index contributed by atoms with van der Waals surface area (Å²) in [7, 11) is -3.86. The fourth-order valence-electron chi connectivity index (χ4n) is 2.49. The Bertz CT molecular complexity index is 1280. The molecule has 33 heavy (non-hydrogen) atoms. The molecule has 0 spiro atoms. The molecule has 0 bridgehead atoms. The second-order valence-electron chi connectivity index (χ2n) is 6.51. The van der Waals surface area contributed by atoms with Gasteiger partial charge in [-0.2, -0.15) is 5.10 Å². The number of sulfonamides is 1. The van der Waals surface area contributed by atoms with Gasteiger partial charge >= 0.3 is 5.97 Å². The molecule has 0 atom stereocenters. The molecule has 0 radical (unpaired) electrons. The number of amides is 1. The van der Waals surface area contributed by atoms with Gasteiger partial charge in [-0.05, 0) is 66.2 Å². The van der Waals surface area contributed by atoms with Crippen LogP contribution in [0.4, 0.5) is 0 Å². The van der Waals surface area contributed by atoms with Crippen molar-refractivity contribution in [3.63, 3.8) is 0 Å². The smallest absolute Gasteiger partial charge is 0.345 e. The number of nitrogens with one attached hydrogen (secondary N) is 2. The summed E-state index contributed by atoms with van der Waals surface area (Å²) in [6.45, 7) is -0.501. The van der Waals surface area contributed by atoms with Gasteiger partial charge in [0.25, 0.3) is 5.91 Å². The number of hydrogen-bond acceptors (Lipinski definition) is 6. The zero-order chi connectivity index (χ0) is 23.8. The molecule has 0 fully saturated rings. The van der Waals surface area contributed by atoms with E-state index in [0.717, 1.165) is 0 Å². The summed E-state index contributed by atoms with van der Waals surface area (Å²) in [4.78, 5) is 24.0. The van der Waals surface area contributed by atoms with Crippen molar-refractivity contribution in [3.05, 3.63) is 94.0 Å². The molecule has 3 aromatic rings. The van der Waals surface area contributed by atoms with Gasteiger partial charge in [0.1, 0.15) is 5.75 Å². The second kappa shape index (κ2) is 11.1. The normalized spacial score (nSPS) is 11.3. The summed E-state index contributed by atoms with van der Waals surface area (Å²) < 4.78 is 31.7. The number of esters is 1. The molecule has 3 aromatic carbocycles. The maximum atomic E-state index is 12.2. The van der Waals surface area contributed by atoms with E-state index in [0.29, 0.717) is 16.3 Å². The van der Waals surface area contributed by atoms with Gasteiger partial charge in [0.05, 0.1) is 28.2 Å². The lowest BCUT2D eigenvalue weighted by atomic mass is 10.2. The van der Waals surface area contributed by atoms with Crippen molar-refractivity contribution >= 4 is 51.3 Å². The van der Waals surface area contributed by atoms with Gasteiger partial charge in [0.15, 0.2) is 0 Å². The van der Waals surface area contributed by atoms with Crippen LogP contribution in [-0.2, 0) is 14.8 Å². The monoisotopic (exact) mass is 505 g/mol. The summed E-state index contributed by atoms with van der Waals surface area (Å²) in [5.41, 5.74) is 3.08. The van der Waals surface area contributed by atoms with E-state index >= 15 is 0 Å². The predicted molar refractivity (Wildman–Crippen MR) is 125 cm³/mol. The van der Waals surface area contributed by atoms with Crippen LogP contribution in [-0.4, -0.2) is 33.1 Å². The summed E-state index contributed by atoms with van der Waals surface area (Å²) >= 11 is 11.7. The van der Waals surface area contributed by atoms with Crippen LogP contribution in [0.15, 0.2) is 82.8 Å². The van der Waals surface area contributed by atoms with Crippen LogP contribution < -0.4 is 14.9 Å². The number of hydrogen-bond donors (Lipinski definition) is 2. The summed E-state index contributed by atoms with van der Waals surface area (Å²) in [6, 6.07) is 18.4. The Morgan fingerprint density at radius 3 is 2.27 bits per heavy atom. The number of halogens is 2. The number of benzene rings is 3. The van der Waals surface area contributed by atoms with E-state index in [2.05, 4.69) is 15.2 Å². The van der Waals surface area contributed by atoms with Gasteiger partial charge in [-0.3, -0.25) is 4.79 Å². The van der Waals surface area contributed by atoms with Gasteiger partial charge < -0.3 is 4.74 Å². The highest BCUT2D eigenvalue weighted by atomic mass is 35.5. The lowest BCUT2D eigenvalue weighted by Crippen LogP contribution is -2.34. The fraction of sp³-hybridized carbons (Fsp3) is 0.0455. The van der Waals surface area contributed by atoms with Crippen molar-refractivity contribution in [2.24, 2.45) is 5.10 Å². The quantitative estimate of drug-likeness (QED) is 0.210. The van der Waals surface area contributed by atoms with Gasteiger partial charge in [-0.15, -0.1) is 0 Å². The number of rotatable bonds is 8. The molecule has 8 nitrogen and oxygen atoms in total. The molecule has 0 saturated heterocycles. The lowest BCUT2D eigenvalue weighted by molar-refractivity contribution is -0.119. The Balaban J connectivity index is 1.49. The summed E-state index contributed by atoms with van der Waals surface area (Å²) in [6.07, 6.45) is 1.35. The molecule has 0 aliphatic rings. The highest BCUT2D eigenvalue weighted by molar-refractivity contribution is 7.89. The van der Waals surface area contributed by atoms with Crippen molar-refractivity contribution in [2.45, 2.75) is 4.90 Å². The number of nitrogens with zero attached hydrogens (tertiary/aromatic N) is 1. The first-order valence-electron chi connectivity index (χ1n) is 9.38. The van der Waals surface area contributed by atoms with Gasteiger partial charge in [0, 0.05) is 5.02 Å². The van der Waals surface area contributed by atoms with Crippen LogP contribution in [0.25, 0.3) is 0 Å². The van der Waals surface area contributed by atoms with Crippen LogP contribution >= 0.6 is 23.2 Å². The van der Waals surface area contributed by atoms with Gasteiger partial charge in [0.2, 0.25) is 10.0 Å². The number of ether oxygens (including phenoxy) is 1. The molecule has 3 rings (SSSR count). The van der Waals surface area contributed by atoms with Crippen molar-refractivity contribution in [1.82, 2.24) is 10.1 Å². The summed E-state index contributed by atoms with van der Waals surface area (Å²) in [5, 5.41) is 4.46. The molecule has 0 heterocycles. The first-order chi connectivity index (χ1) is 15.7. The van der Waals surface area contributed by atoms with E-state index in [1.54, 1.807) is 48.5 Å². The molecule has 0 aliphatic heterocycles. The standard InChI is InChI=1S/C22H17Cl2N3O5S/c23-16-7-11-18(12-8-16)33(30,31)26-14-21(28)27-25-13-15-5-9-17(10-6-15)32-22(29)19-3-1-2-4-20(19)24/h1-13,26H,14H2,(H,27,28)/b25-13-. The summed E-state index contributed by atoms with van der Waals surface area (Å²) in [5.74, 6) is -0.942. The minimum absolute atomic E-state index is 0.0153. The third-order valence-electron chi connectivity index (χ3n) is 4.13. The molecule has 0 saturated carbocycles. The highest BCUT2D eigenvalue weighted by Gasteiger charge is 2.15. The van der Waals surface area contributed by atoms with Gasteiger partial charge in [-0.1, -0.05) is 35.3 Å². The fourth-order valence-corrected chi connectivity index (χ4v) is 3.81. The number of carbonyl (C=O) groups is 2. The van der Waals surface area contributed by atoms with Crippen LogP contribution in [0.2, 0.25) is 10.0 Å². The molecule has 0 aromatic heterocycles. The maximum absolute atomic E-state index is 12.2. The van der Waals surface area contributed by atoms with Crippen molar-refractivity contribution in [1.29, 1.82) is 0 Å². The largest absolute Gasteiger partial charge is 0.423 e. The third kappa shape index (κ3) is 7.13. The first-order valence-corrected chi connectivity index (χ1v) is 11.6. The molecule has 170 valence electrons. The van der Waals surface area contributed by atoms with Crippen LogP contribution in [0, 0.1) is 0 Å². The molecule has 0 unspecified atom stereocenters. The molecule has 11 heteroatoms. The maximum Gasteiger partial charge on any atom is 0.345 e. The van der Waals surface area contributed by atoms with E-state index in [1.807, 2.05) is 0 Å². The Morgan fingerprint density at radius 2 is 1.61 bits per heavy atom. The van der Waals surface area contributed by atoms with E-state index < -0.39 is 28.4 Å². The van der Waals surface area contributed by atoms with E-state index in [-0.39, 0.29) is 15.5 Å². The van der Waals surface area contributed by atoms with E-state index in [1.165, 1.54) is 30.5 Å². The molecule has 1 amide bonds. The second-order valence-corrected chi connectivity index (χ2v) is 9.12. The highest BCUT2D eigenvalue weighted by Crippen LogP contribution is 2.19. The molecular weight excluding hydrogens is 489 g/mol. The number of carbonyl (C=O) groups excluding carboxylic acids is 2. The minimum Gasteiger partial charge on any atom is -0.423 e. The van der Waals surface area contributed by atoms with Crippen molar-refractivity contribution in [3.8, 4) is 5.75 Å². The van der Waals surface area contributed by atoms with E-state index in [4.69, 9.17) is 27.9 Å². The number of hydrazone groups is 1. The van der Waals surface area contributed by atoms with E-state index in [9.17, 15) is 18.0 Å². The zero-order valence-electron chi connectivity index (χ0n) is 16.9. The SMILES string of the molecule is O=C(CNS(=O)(=O)c1ccc(Cl)cc1)N/N=C\c1ccc(OC(=O)c2ccccc2Cl)cc1. The van der Waals surface area contributed by atoms with Crippen molar-refractivity contribution in [2.75, 3.05) is 6.54 Å². The van der Waals surface area contributed by atoms with Crippen LogP contribution in [0.3, 0.4) is 0 Å². The Morgan fingerprint density at radius 1 is 0.939 bits per heavy atom. The average molecular weight is 506 g/mol.